The van der Waals surface area contributed by atoms with Gasteiger partial charge < -0.3 is 10.4 Å². The van der Waals surface area contributed by atoms with E-state index in [1.807, 2.05) is 54.6 Å². The lowest BCUT2D eigenvalue weighted by atomic mass is 10.2. The lowest BCUT2D eigenvalue weighted by Gasteiger charge is -2.20. The number of allylic oxidation sites excluding steroid dienone is 2. The van der Waals surface area contributed by atoms with Crippen LogP contribution in [0.3, 0.4) is 0 Å². The average Bonchev–Trinajstić information content (AvgIpc) is 3.35. The first kappa shape index (κ1) is 32.8. The van der Waals surface area contributed by atoms with Crippen LogP contribution in [0.2, 0.25) is 10.0 Å². The van der Waals surface area contributed by atoms with E-state index in [-0.39, 0.29) is 17.0 Å². The quantitative estimate of drug-likeness (QED) is 0.133. The van der Waals surface area contributed by atoms with Crippen LogP contribution in [0, 0.1) is 0 Å². The number of fused-ring (bicyclic) bond motifs is 2. The number of thiazole rings is 1. The summed E-state index contributed by atoms with van der Waals surface area (Å²) in [5.41, 5.74) is 1.90. The molecule has 0 radical (unpaired) electrons. The Morgan fingerprint density at radius 1 is 0.900 bits per heavy atom. The van der Waals surface area contributed by atoms with Crippen molar-refractivity contribution < 1.29 is 36.0 Å². The molecule has 2 aromatic carbocycles. The third-order valence-corrected chi connectivity index (χ3v) is 10.3. The highest BCUT2D eigenvalue weighted by atomic mass is 35.5. The Hall–Kier alpha value is -1.68. The first-order valence-corrected chi connectivity index (χ1v) is 17.7. The maximum atomic E-state index is 11.1. The number of aromatic nitrogens is 1. The first-order valence-electron chi connectivity index (χ1n) is 12.1. The molecule has 0 saturated carbocycles. The van der Waals surface area contributed by atoms with Crippen LogP contribution in [0.1, 0.15) is 30.7 Å². The second-order valence-electron chi connectivity index (χ2n) is 8.92. The Morgan fingerprint density at radius 3 is 2.25 bits per heavy atom. The van der Waals surface area contributed by atoms with Crippen LogP contribution in [-0.4, -0.2) is 49.5 Å². The SMILES string of the molecule is O=S(=O)(O)CCCCN1C(=CC=Cc2sc3ccc(Cl)cc3[n+]2CCCCS(=O)(=O)O)Sc2ccc(Cl)cc21.[OH-]. The fourth-order valence-corrected chi connectivity index (χ4v) is 7.81. The summed E-state index contributed by atoms with van der Waals surface area (Å²) in [6, 6.07) is 11.3. The Balaban J connectivity index is 0.00000441. The molecule has 0 bridgehead atoms. The molecule has 1 aromatic heterocycles. The summed E-state index contributed by atoms with van der Waals surface area (Å²) in [4.78, 5) is 3.13. The van der Waals surface area contributed by atoms with Crippen molar-refractivity contribution in [3.8, 4) is 0 Å². The van der Waals surface area contributed by atoms with Crippen molar-refractivity contribution >= 4 is 88.5 Å². The molecule has 2 heterocycles. The monoisotopic (exact) mass is 666 g/mol. The van der Waals surface area contributed by atoms with E-state index in [0.29, 0.717) is 48.8 Å². The van der Waals surface area contributed by atoms with E-state index in [2.05, 4.69) is 9.47 Å². The van der Waals surface area contributed by atoms with E-state index in [1.54, 1.807) is 23.1 Å². The average molecular weight is 668 g/mol. The minimum absolute atomic E-state index is 0. The topological polar surface area (TPSA) is 146 Å². The highest BCUT2D eigenvalue weighted by Crippen LogP contribution is 2.47. The number of hydrogen-bond donors (Lipinski definition) is 2. The van der Waals surface area contributed by atoms with Gasteiger partial charge in [0.2, 0.25) is 5.52 Å². The molecule has 0 atom stereocenters. The summed E-state index contributed by atoms with van der Waals surface area (Å²) in [5.74, 6) is -0.564. The van der Waals surface area contributed by atoms with Crippen molar-refractivity contribution in [1.29, 1.82) is 0 Å². The molecular weight excluding hydrogens is 639 g/mol. The van der Waals surface area contributed by atoms with Gasteiger partial charge in [-0.1, -0.05) is 52.4 Å². The van der Waals surface area contributed by atoms with Gasteiger partial charge in [0.15, 0.2) is 6.54 Å². The Kier molecular flexibility index (Phi) is 11.5. The van der Waals surface area contributed by atoms with Crippen LogP contribution >= 0.6 is 46.3 Å². The van der Waals surface area contributed by atoms with Crippen LogP contribution in [0.5, 0.6) is 0 Å². The van der Waals surface area contributed by atoms with Crippen LogP contribution in [-0.2, 0) is 26.8 Å². The minimum atomic E-state index is -4.00. The normalized spacial score (nSPS) is 14.8. The van der Waals surface area contributed by atoms with Gasteiger partial charge in [-0.25, -0.2) is 0 Å². The summed E-state index contributed by atoms with van der Waals surface area (Å²) >= 11 is 15.7. The number of hydrogen-bond acceptors (Lipinski definition) is 8. The van der Waals surface area contributed by atoms with Crippen LogP contribution in [0.4, 0.5) is 5.69 Å². The second kappa shape index (κ2) is 14.0. The van der Waals surface area contributed by atoms with Gasteiger partial charge in [-0.2, -0.15) is 21.4 Å². The number of nitrogens with zero attached hydrogens (tertiary/aromatic N) is 2. The van der Waals surface area contributed by atoms with E-state index in [4.69, 9.17) is 32.3 Å². The second-order valence-corrected chi connectivity index (χ2v) is 15.1. The molecule has 0 fully saturated rings. The number of thioether (sulfide) groups is 1. The largest absolute Gasteiger partial charge is 0.870 e. The van der Waals surface area contributed by atoms with E-state index in [1.165, 1.54) is 0 Å². The number of aryl methyl sites for hydroxylation is 1. The summed E-state index contributed by atoms with van der Waals surface area (Å²) in [6.45, 7) is 1.12. The van der Waals surface area contributed by atoms with Gasteiger partial charge in [-0.3, -0.25) is 9.11 Å². The fraction of sp³-hybridized carbons (Fsp3) is 0.320. The molecule has 0 spiro atoms. The summed E-state index contributed by atoms with van der Waals surface area (Å²) < 4.78 is 65.6. The maximum Gasteiger partial charge on any atom is 0.264 e. The third kappa shape index (κ3) is 9.16. The van der Waals surface area contributed by atoms with Gasteiger partial charge in [-0.05, 0) is 55.7 Å². The van der Waals surface area contributed by atoms with Gasteiger partial charge in [0, 0.05) is 40.0 Å². The molecule has 0 saturated heterocycles. The molecule has 4 rings (SSSR count). The number of halogens is 2. The third-order valence-electron chi connectivity index (χ3n) is 5.93. The zero-order valence-electron chi connectivity index (χ0n) is 21.1. The molecule has 0 amide bonds. The van der Waals surface area contributed by atoms with Crippen molar-refractivity contribution in [1.82, 2.24) is 0 Å². The molecule has 40 heavy (non-hydrogen) atoms. The van der Waals surface area contributed by atoms with Gasteiger partial charge in [0.05, 0.1) is 22.2 Å². The standard InChI is InChI=1S/C25H26Cl2N2O6S4.H2O/c26-18-8-10-22-20(16-18)28(12-1-3-14-38(30,31)32)24(36-22)6-5-7-25-29(13-2-4-15-39(33,34)35)21-17-19(27)9-11-23(21)37-25;/h5-11,16-17H,1-4,12-15H2,(H-,30,31,32,33,34,35);1H2. The van der Waals surface area contributed by atoms with Crippen molar-refractivity contribution in [2.75, 3.05) is 23.0 Å². The van der Waals surface area contributed by atoms with Gasteiger partial charge >= 0.3 is 0 Å². The van der Waals surface area contributed by atoms with E-state index < -0.39 is 20.2 Å². The van der Waals surface area contributed by atoms with Crippen LogP contribution in [0.25, 0.3) is 16.3 Å². The first-order chi connectivity index (χ1) is 18.4. The summed E-state index contributed by atoms with van der Waals surface area (Å²) in [6.07, 6.45) is 7.72. The maximum absolute atomic E-state index is 11.1. The molecule has 3 N–H and O–H groups in total. The Bertz CT molecular complexity index is 1640. The lowest BCUT2D eigenvalue weighted by molar-refractivity contribution is -0.669. The summed E-state index contributed by atoms with van der Waals surface area (Å²) in [7, 11) is -8.00. The fourth-order valence-electron chi connectivity index (χ4n) is 4.18. The lowest BCUT2D eigenvalue weighted by Crippen LogP contribution is -2.35. The van der Waals surface area contributed by atoms with Crippen molar-refractivity contribution in [3.05, 3.63) is 68.6 Å². The molecule has 9 nitrogen and oxygen atoms in total. The molecule has 1 aliphatic rings. The van der Waals surface area contributed by atoms with Gasteiger partial charge in [0.1, 0.15) is 4.70 Å². The molecular formula is C25H28Cl2N2O7S4. The molecule has 3 aromatic rings. The number of rotatable bonds is 12. The predicted octanol–water partition coefficient (Wildman–Crippen LogP) is 6.12. The molecule has 15 heteroatoms. The number of benzene rings is 2. The number of unbranched alkanes of at least 4 members (excludes halogenated alkanes) is 2. The Morgan fingerprint density at radius 2 is 1.55 bits per heavy atom. The van der Waals surface area contributed by atoms with Gasteiger partial charge in [0.25, 0.3) is 25.2 Å². The highest BCUT2D eigenvalue weighted by Gasteiger charge is 2.25. The van der Waals surface area contributed by atoms with Crippen molar-refractivity contribution in [2.45, 2.75) is 37.1 Å². The van der Waals surface area contributed by atoms with Crippen LogP contribution in [0.15, 0.2) is 58.5 Å². The van der Waals surface area contributed by atoms with E-state index >= 15 is 0 Å². The minimum Gasteiger partial charge on any atom is -0.870 e. The highest BCUT2D eigenvalue weighted by molar-refractivity contribution is 8.03. The smallest absolute Gasteiger partial charge is 0.264 e. The van der Waals surface area contributed by atoms with Crippen molar-refractivity contribution in [2.24, 2.45) is 0 Å². The molecule has 0 unspecified atom stereocenters. The zero-order valence-corrected chi connectivity index (χ0v) is 25.9. The van der Waals surface area contributed by atoms with Crippen molar-refractivity contribution in [3.63, 3.8) is 0 Å². The van der Waals surface area contributed by atoms with E-state index in [9.17, 15) is 16.8 Å². The Labute approximate surface area is 251 Å². The molecule has 0 aliphatic carbocycles. The predicted molar refractivity (Wildman–Crippen MR) is 162 cm³/mol. The summed E-state index contributed by atoms with van der Waals surface area (Å²) in [5, 5.41) is 3.12. The van der Waals surface area contributed by atoms with E-state index in [0.717, 1.165) is 30.8 Å². The number of anilines is 1. The van der Waals surface area contributed by atoms with Crippen LogP contribution < -0.4 is 9.47 Å². The molecule has 1 aliphatic heterocycles. The van der Waals surface area contributed by atoms with Gasteiger partial charge in [-0.15, -0.1) is 0 Å². The zero-order chi connectivity index (χ0) is 28.2. The molecule has 218 valence electrons.